The first-order valence-corrected chi connectivity index (χ1v) is 7.61. The van der Waals surface area contributed by atoms with Crippen molar-refractivity contribution in [1.82, 2.24) is 5.32 Å². The van der Waals surface area contributed by atoms with Gasteiger partial charge in [0.15, 0.2) is 0 Å². The van der Waals surface area contributed by atoms with Crippen LogP contribution in [0.15, 0.2) is 18.2 Å². The number of amides is 1. The van der Waals surface area contributed by atoms with Crippen molar-refractivity contribution in [1.29, 1.82) is 0 Å². The van der Waals surface area contributed by atoms with Gasteiger partial charge in [-0.05, 0) is 56.7 Å². The Morgan fingerprint density at radius 1 is 1.35 bits per heavy atom. The molecule has 0 aromatic heterocycles. The Hall–Kier alpha value is -1.35. The van der Waals surface area contributed by atoms with E-state index in [2.05, 4.69) is 44.3 Å². The van der Waals surface area contributed by atoms with E-state index in [9.17, 15) is 4.79 Å². The van der Waals surface area contributed by atoms with Crippen LogP contribution in [0.2, 0.25) is 0 Å². The third-order valence-corrected chi connectivity index (χ3v) is 4.56. The van der Waals surface area contributed by atoms with Crippen LogP contribution in [-0.4, -0.2) is 11.9 Å². The smallest absolute Gasteiger partial charge is 0.223 e. The molecular weight excluding hydrogens is 248 g/mol. The molecule has 1 fully saturated rings. The summed E-state index contributed by atoms with van der Waals surface area (Å²) in [5.41, 5.74) is 9.71. The summed E-state index contributed by atoms with van der Waals surface area (Å²) in [4.78, 5) is 12.4. The van der Waals surface area contributed by atoms with Crippen molar-refractivity contribution in [2.45, 2.75) is 58.5 Å². The average molecular weight is 274 g/mol. The summed E-state index contributed by atoms with van der Waals surface area (Å²) >= 11 is 0. The highest BCUT2D eigenvalue weighted by Gasteiger charge is 2.26. The lowest BCUT2D eigenvalue weighted by Crippen LogP contribution is -2.38. The van der Waals surface area contributed by atoms with Crippen molar-refractivity contribution in [3.05, 3.63) is 34.9 Å². The zero-order valence-corrected chi connectivity index (χ0v) is 12.8. The summed E-state index contributed by atoms with van der Waals surface area (Å²) in [6.07, 6.45) is 3.91. The number of rotatable bonds is 3. The summed E-state index contributed by atoms with van der Waals surface area (Å²) in [7, 11) is 0. The van der Waals surface area contributed by atoms with Gasteiger partial charge in [-0.3, -0.25) is 4.79 Å². The van der Waals surface area contributed by atoms with Crippen molar-refractivity contribution < 1.29 is 4.79 Å². The van der Waals surface area contributed by atoms with Crippen LogP contribution in [0.4, 0.5) is 0 Å². The van der Waals surface area contributed by atoms with Gasteiger partial charge < -0.3 is 11.1 Å². The van der Waals surface area contributed by atoms with Gasteiger partial charge in [-0.15, -0.1) is 0 Å². The van der Waals surface area contributed by atoms with Gasteiger partial charge in [-0.1, -0.05) is 24.6 Å². The van der Waals surface area contributed by atoms with Crippen LogP contribution in [0.1, 0.15) is 55.3 Å². The summed E-state index contributed by atoms with van der Waals surface area (Å²) < 4.78 is 0. The maximum atomic E-state index is 12.4. The monoisotopic (exact) mass is 274 g/mol. The van der Waals surface area contributed by atoms with E-state index < -0.39 is 0 Å². The highest BCUT2D eigenvalue weighted by atomic mass is 16.1. The number of nitrogens with two attached hydrogens (primary N) is 1. The van der Waals surface area contributed by atoms with Gasteiger partial charge >= 0.3 is 0 Å². The lowest BCUT2D eigenvalue weighted by Gasteiger charge is -2.27. The molecule has 1 amide bonds. The fourth-order valence-corrected chi connectivity index (χ4v) is 3.12. The van der Waals surface area contributed by atoms with Crippen molar-refractivity contribution in [3.8, 4) is 0 Å². The maximum absolute atomic E-state index is 12.4. The second kappa shape index (κ2) is 6.40. The van der Waals surface area contributed by atoms with Gasteiger partial charge in [0.2, 0.25) is 5.91 Å². The van der Waals surface area contributed by atoms with Gasteiger partial charge in [-0.25, -0.2) is 0 Å². The molecule has 0 aliphatic heterocycles. The van der Waals surface area contributed by atoms with Gasteiger partial charge in [-0.2, -0.15) is 0 Å². The molecule has 110 valence electrons. The minimum atomic E-state index is 0.0561. The van der Waals surface area contributed by atoms with Crippen LogP contribution in [-0.2, 0) is 4.79 Å². The number of aryl methyl sites for hydroxylation is 1. The third-order valence-electron chi connectivity index (χ3n) is 4.56. The Balaban J connectivity index is 2.02. The molecule has 0 radical (unpaired) electrons. The van der Waals surface area contributed by atoms with E-state index in [-0.39, 0.29) is 23.9 Å². The van der Waals surface area contributed by atoms with Crippen molar-refractivity contribution in [2.24, 2.45) is 11.7 Å². The van der Waals surface area contributed by atoms with Crippen molar-refractivity contribution in [2.75, 3.05) is 0 Å². The third kappa shape index (κ3) is 3.40. The molecule has 1 aliphatic rings. The van der Waals surface area contributed by atoms with Gasteiger partial charge in [0.25, 0.3) is 0 Å². The second-order valence-electron chi connectivity index (χ2n) is 6.14. The molecule has 1 aromatic carbocycles. The van der Waals surface area contributed by atoms with Crippen molar-refractivity contribution >= 4 is 5.91 Å². The van der Waals surface area contributed by atoms with Gasteiger partial charge in [0.1, 0.15) is 0 Å². The molecule has 3 heteroatoms. The predicted molar refractivity (Wildman–Crippen MR) is 82.4 cm³/mol. The van der Waals surface area contributed by atoms with E-state index in [1.165, 1.54) is 16.7 Å². The Morgan fingerprint density at radius 2 is 2.10 bits per heavy atom. The Bertz CT molecular complexity index is 484. The molecule has 3 unspecified atom stereocenters. The summed E-state index contributed by atoms with van der Waals surface area (Å²) in [6.45, 7) is 6.28. The zero-order chi connectivity index (χ0) is 14.7. The zero-order valence-electron chi connectivity index (χ0n) is 12.8. The Labute approximate surface area is 121 Å². The molecule has 3 atom stereocenters. The highest BCUT2D eigenvalue weighted by molar-refractivity contribution is 5.79. The average Bonchev–Trinajstić information content (AvgIpc) is 2.41. The van der Waals surface area contributed by atoms with Crippen LogP contribution in [0.3, 0.4) is 0 Å². The van der Waals surface area contributed by atoms with E-state index in [1.54, 1.807) is 0 Å². The molecule has 1 aromatic rings. The molecule has 3 nitrogen and oxygen atoms in total. The minimum Gasteiger partial charge on any atom is -0.349 e. The number of hydrogen-bond acceptors (Lipinski definition) is 2. The Kier molecular flexibility index (Phi) is 4.81. The van der Waals surface area contributed by atoms with E-state index in [0.717, 1.165) is 25.7 Å². The largest absolute Gasteiger partial charge is 0.349 e. The fraction of sp³-hybridized carbons (Fsp3) is 0.588. The molecule has 0 heterocycles. The Morgan fingerprint density at radius 3 is 2.80 bits per heavy atom. The predicted octanol–water partition coefficient (Wildman–Crippen LogP) is 3.00. The van der Waals surface area contributed by atoms with E-state index in [4.69, 9.17) is 5.73 Å². The van der Waals surface area contributed by atoms with E-state index >= 15 is 0 Å². The van der Waals surface area contributed by atoms with Crippen molar-refractivity contribution in [3.63, 3.8) is 0 Å². The van der Waals surface area contributed by atoms with Gasteiger partial charge in [0.05, 0.1) is 6.04 Å². The molecule has 1 aliphatic carbocycles. The highest BCUT2D eigenvalue weighted by Crippen LogP contribution is 2.25. The number of carbonyl (C=O) groups excluding carboxylic acids is 1. The molecular formula is C17H26N2O. The number of carbonyl (C=O) groups is 1. The molecule has 1 saturated carbocycles. The molecule has 0 spiro atoms. The molecule has 0 bridgehead atoms. The van der Waals surface area contributed by atoms with E-state index in [1.807, 2.05) is 0 Å². The van der Waals surface area contributed by atoms with Crippen LogP contribution in [0, 0.1) is 19.8 Å². The summed E-state index contributed by atoms with van der Waals surface area (Å²) in [5.74, 6) is 0.250. The molecule has 3 N–H and O–H groups in total. The molecule has 20 heavy (non-hydrogen) atoms. The molecule has 0 saturated heterocycles. The molecule has 2 rings (SSSR count). The number of hydrogen-bond donors (Lipinski definition) is 2. The van der Waals surface area contributed by atoms with Crippen LogP contribution >= 0.6 is 0 Å². The minimum absolute atomic E-state index is 0.0561. The normalized spacial score (nSPS) is 24.2. The first kappa shape index (κ1) is 15.0. The maximum Gasteiger partial charge on any atom is 0.223 e. The second-order valence-corrected chi connectivity index (χ2v) is 6.14. The number of benzene rings is 1. The first-order valence-electron chi connectivity index (χ1n) is 7.61. The standard InChI is InChI=1S/C17H26N2O/c1-11-6-4-9-16(12(11)2)13(3)19-17(20)14-7-5-8-15(18)10-14/h4,6,9,13-15H,5,7-8,10,18H2,1-3H3,(H,19,20). The lowest BCUT2D eigenvalue weighted by molar-refractivity contribution is -0.126. The lowest BCUT2D eigenvalue weighted by atomic mass is 9.85. The fourth-order valence-electron chi connectivity index (χ4n) is 3.12. The van der Waals surface area contributed by atoms with Gasteiger partial charge in [0, 0.05) is 12.0 Å². The number of nitrogens with one attached hydrogen (secondary N) is 1. The van der Waals surface area contributed by atoms with Crippen LogP contribution < -0.4 is 11.1 Å². The quantitative estimate of drug-likeness (QED) is 0.890. The van der Waals surface area contributed by atoms with E-state index in [0.29, 0.717) is 0 Å². The SMILES string of the molecule is Cc1cccc(C(C)NC(=O)C2CCCC(N)C2)c1C. The summed E-state index contributed by atoms with van der Waals surface area (Å²) in [5, 5.41) is 3.16. The topological polar surface area (TPSA) is 55.1 Å². The summed E-state index contributed by atoms with van der Waals surface area (Å²) in [6, 6.07) is 6.50. The van der Waals surface area contributed by atoms with Crippen LogP contribution in [0.25, 0.3) is 0 Å². The first-order chi connectivity index (χ1) is 9.49. The van der Waals surface area contributed by atoms with Crippen LogP contribution in [0.5, 0.6) is 0 Å².